The molecule has 3 heterocycles. The molecule has 0 amide bonds. The van der Waals surface area contributed by atoms with Crippen molar-refractivity contribution in [1.29, 1.82) is 0 Å². The molecule has 1 saturated carbocycles. The molecule has 0 spiro atoms. The first kappa shape index (κ1) is 34.4. The van der Waals surface area contributed by atoms with Crippen LogP contribution >= 0.6 is 24.8 Å². The molecule has 11 heteroatoms. The Hall–Kier alpha value is -1.10. The van der Waals surface area contributed by atoms with Gasteiger partial charge in [-0.25, -0.2) is 17.9 Å². The van der Waals surface area contributed by atoms with Gasteiger partial charge in [0.05, 0.1) is 17.3 Å². The number of imidazole rings is 1. The Labute approximate surface area is 258 Å². The molecule has 41 heavy (non-hydrogen) atoms. The number of halogens is 2. The summed E-state index contributed by atoms with van der Waals surface area (Å²) >= 11 is 0. The third-order valence-electron chi connectivity index (χ3n) is 9.41. The Bertz CT molecular complexity index is 1240. The first-order chi connectivity index (χ1) is 18.9. The van der Waals surface area contributed by atoms with Crippen molar-refractivity contribution in [2.75, 3.05) is 32.4 Å². The highest BCUT2D eigenvalue weighted by Crippen LogP contribution is 2.33. The minimum Gasteiger partial charge on any atom is -0.312 e. The number of para-hydroxylation sites is 2. The van der Waals surface area contributed by atoms with Gasteiger partial charge in [0, 0.05) is 44.3 Å². The van der Waals surface area contributed by atoms with Gasteiger partial charge < -0.3 is 5.32 Å². The molecule has 0 unspecified atom stereocenters. The van der Waals surface area contributed by atoms with Crippen molar-refractivity contribution in [2.24, 2.45) is 5.92 Å². The smallest absolute Gasteiger partial charge is 0.312 e. The van der Waals surface area contributed by atoms with E-state index in [-0.39, 0.29) is 36.5 Å². The van der Waals surface area contributed by atoms with E-state index in [4.69, 9.17) is 0 Å². The summed E-state index contributed by atoms with van der Waals surface area (Å²) in [5, 5.41) is 3.56. The van der Waals surface area contributed by atoms with Crippen molar-refractivity contribution in [3.05, 3.63) is 34.7 Å². The van der Waals surface area contributed by atoms with Crippen LogP contribution in [0.15, 0.2) is 29.1 Å². The number of nitrogens with zero attached hydrogens (tertiary/aromatic N) is 3. The summed E-state index contributed by atoms with van der Waals surface area (Å²) in [6.45, 7) is 4.38. The van der Waals surface area contributed by atoms with Crippen LogP contribution in [0.2, 0.25) is 0 Å². The van der Waals surface area contributed by atoms with Gasteiger partial charge in [0.1, 0.15) is 0 Å². The molecule has 234 valence electrons. The van der Waals surface area contributed by atoms with Gasteiger partial charge in [-0.05, 0) is 76.0 Å². The zero-order valence-corrected chi connectivity index (χ0v) is 27.1. The van der Waals surface area contributed by atoms with Crippen molar-refractivity contribution in [1.82, 2.24) is 24.1 Å². The number of hydrogen-bond acceptors (Lipinski definition) is 5. The first-order valence-electron chi connectivity index (χ1n) is 15.5. The molecule has 0 radical (unpaired) electrons. The Morgan fingerprint density at radius 3 is 2.32 bits per heavy atom. The summed E-state index contributed by atoms with van der Waals surface area (Å²) in [6.07, 6.45) is 16.7. The van der Waals surface area contributed by atoms with Crippen molar-refractivity contribution >= 4 is 45.9 Å². The molecule has 2 saturated heterocycles. The molecule has 0 bridgehead atoms. The monoisotopic (exact) mass is 631 g/mol. The van der Waals surface area contributed by atoms with Gasteiger partial charge >= 0.3 is 5.69 Å². The number of hydrogen-bond donors (Lipinski definition) is 2. The first-order valence-corrected chi connectivity index (χ1v) is 17.4. The molecule has 3 atom stereocenters. The van der Waals surface area contributed by atoms with E-state index in [1.807, 2.05) is 10.6 Å². The molecule has 3 aliphatic rings. The fraction of sp³-hybridized carbons (Fsp3) is 0.767. The minimum atomic E-state index is -3.18. The van der Waals surface area contributed by atoms with E-state index in [1.165, 1.54) is 57.6 Å². The molecule has 1 aromatic heterocycles. The van der Waals surface area contributed by atoms with Crippen LogP contribution in [0.1, 0.15) is 89.5 Å². The van der Waals surface area contributed by atoms with E-state index >= 15 is 0 Å². The molecule has 5 rings (SSSR count). The quantitative estimate of drug-likeness (QED) is 0.357. The number of fused-ring (bicyclic) bond motifs is 1. The van der Waals surface area contributed by atoms with Crippen molar-refractivity contribution < 1.29 is 8.42 Å². The van der Waals surface area contributed by atoms with Gasteiger partial charge in [-0.1, -0.05) is 44.2 Å². The molecule has 2 aliphatic heterocycles. The number of sulfonamides is 1. The average Bonchev–Trinajstić information content (AvgIpc) is 3.50. The van der Waals surface area contributed by atoms with Crippen LogP contribution in [0.3, 0.4) is 0 Å². The normalized spacial score (nSPS) is 24.9. The van der Waals surface area contributed by atoms with Gasteiger partial charge in [0.15, 0.2) is 0 Å². The highest BCUT2D eigenvalue weighted by atomic mass is 35.5. The summed E-state index contributed by atoms with van der Waals surface area (Å²) < 4.78 is 30.0. The van der Waals surface area contributed by atoms with Crippen LogP contribution < -0.4 is 15.7 Å². The molecule has 1 aromatic carbocycles. The standard InChI is InChI=1S/C30H49N5O3S.2ClH/c1-39(37,38)32-19-10-14-26-21-27(17-20-33(26)22-24-11-5-3-2-4-6-12-24)35-29-16-8-7-15-28(29)34(30(35)36)23-25-13-9-18-31-25;;/h7-8,15-16,24-27,31-32H,2-6,9-14,17-23H2,1H3;2*1H/t25-,26-,27+;;/m0../s1. The van der Waals surface area contributed by atoms with Crippen LogP contribution in [0.5, 0.6) is 0 Å². The maximum absolute atomic E-state index is 13.9. The number of benzene rings is 1. The lowest BCUT2D eigenvalue weighted by Crippen LogP contribution is -2.47. The number of likely N-dealkylation sites (tertiary alicyclic amines) is 1. The average molecular weight is 633 g/mol. The summed E-state index contributed by atoms with van der Waals surface area (Å²) in [6, 6.07) is 9.20. The van der Waals surface area contributed by atoms with Gasteiger partial charge in [-0.3, -0.25) is 14.0 Å². The van der Waals surface area contributed by atoms with Crippen molar-refractivity contribution in [2.45, 2.75) is 108 Å². The third-order valence-corrected chi connectivity index (χ3v) is 10.1. The molecule has 2 aromatic rings. The number of piperidine rings is 1. The van der Waals surface area contributed by atoms with Gasteiger partial charge in [-0.2, -0.15) is 0 Å². The van der Waals surface area contributed by atoms with Gasteiger partial charge in [0.2, 0.25) is 10.0 Å². The minimum absolute atomic E-state index is 0. The van der Waals surface area contributed by atoms with Crippen LogP contribution in [-0.2, 0) is 16.6 Å². The molecule has 3 fully saturated rings. The second kappa shape index (κ2) is 16.1. The predicted octanol–water partition coefficient (Wildman–Crippen LogP) is 5.09. The van der Waals surface area contributed by atoms with Crippen LogP contribution in [0.25, 0.3) is 11.0 Å². The van der Waals surface area contributed by atoms with Gasteiger partial charge in [0.25, 0.3) is 0 Å². The lowest BCUT2D eigenvalue weighted by molar-refractivity contribution is 0.0838. The molecule has 1 aliphatic carbocycles. The zero-order valence-electron chi connectivity index (χ0n) is 24.6. The Kier molecular flexibility index (Phi) is 13.5. The number of rotatable bonds is 10. The topological polar surface area (TPSA) is 88.4 Å². The van der Waals surface area contributed by atoms with Crippen LogP contribution in [0, 0.1) is 5.92 Å². The van der Waals surface area contributed by atoms with E-state index in [1.54, 1.807) is 0 Å². The largest absolute Gasteiger partial charge is 0.329 e. The van der Waals surface area contributed by atoms with E-state index in [2.05, 4.69) is 37.7 Å². The van der Waals surface area contributed by atoms with Crippen molar-refractivity contribution in [3.63, 3.8) is 0 Å². The summed E-state index contributed by atoms with van der Waals surface area (Å²) in [5.74, 6) is 0.752. The number of nitrogens with one attached hydrogen (secondary N) is 2. The Morgan fingerprint density at radius 2 is 1.63 bits per heavy atom. The number of aromatic nitrogens is 2. The highest BCUT2D eigenvalue weighted by Gasteiger charge is 2.33. The molecule has 8 nitrogen and oxygen atoms in total. The lowest BCUT2D eigenvalue weighted by Gasteiger charge is -2.42. The van der Waals surface area contributed by atoms with Crippen molar-refractivity contribution in [3.8, 4) is 0 Å². The maximum Gasteiger partial charge on any atom is 0.329 e. The summed E-state index contributed by atoms with van der Waals surface area (Å²) in [5.41, 5.74) is 2.22. The lowest BCUT2D eigenvalue weighted by atomic mass is 9.88. The maximum atomic E-state index is 13.9. The summed E-state index contributed by atoms with van der Waals surface area (Å²) in [7, 11) is -3.18. The second-order valence-corrected chi connectivity index (χ2v) is 14.2. The molecular formula is C30H51Cl2N5O3S. The highest BCUT2D eigenvalue weighted by molar-refractivity contribution is 7.88. The van der Waals surface area contributed by atoms with E-state index in [9.17, 15) is 13.2 Å². The fourth-order valence-electron chi connectivity index (χ4n) is 7.40. The van der Waals surface area contributed by atoms with Crippen LogP contribution in [-0.4, -0.2) is 67.0 Å². The van der Waals surface area contributed by atoms with E-state index in [0.717, 1.165) is 75.2 Å². The summed E-state index contributed by atoms with van der Waals surface area (Å²) in [4.78, 5) is 16.6. The van der Waals surface area contributed by atoms with E-state index < -0.39 is 10.0 Å². The Balaban J connectivity index is 0.00000231. The van der Waals surface area contributed by atoms with Gasteiger partial charge in [-0.15, -0.1) is 24.8 Å². The molecule has 2 N–H and O–H groups in total. The zero-order chi connectivity index (χ0) is 27.2. The SMILES string of the molecule is CS(=O)(=O)NCCC[C@H]1C[C@H](n2c(=O)n(C[C@@H]3CCCN3)c3ccccc32)CCN1CC1CCCCCCC1.Cl.Cl. The van der Waals surface area contributed by atoms with E-state index in [0.29, 0.717) is 18.6 Å². The Morgan fingerprint density at radius 1 is 0.927 bits per heavy atom. The predicted molar refractivity (Wildman–Crippen MR) is 173 cm³/mol. The second-order valence-electron chi connectivity index (χ2n) is 12.4. The molecular weight excluding hydrogens is 581 g/mol. The third kappa shape index (κ3) is 9.19. The fourth-order valence-corrected chi connectivity index (χ4v) is 7.91. The van der Waals surface area contributed by atoms with Crippen LogP contribution in [0.4, 0.5) is 0 Å².